The van der Waals surface area contributed by atoms with Gasteiger partial charge >= 0.3 is 5.97 Å². The van der Waals surface area contributed by atoms with Crippen molar-refractivity contribution in [2.75, 3.05) is 25.3 Å². The molecule has 2 amide bonds. The van der Waals surface area contributed by atoms with Gasteiger partial charge in [-0.25, -0.2) is 14.8 Å². The Balaban J connectivity index is 1.99. The van der Waals surface area contributed by atoms with Gasteiger partial charge in [-0.3, -0.25) is 24.2 Å². The van der Waals surface area contributed by atoms with Crippen LogP contribution in [0.4, 0.5) is 5.69 Å². The standard InChI is InChI=1S/C27H31N7O8S/c1-27(2,3)19(13-42-43(5,39)40)33-24(35)18-10-7-16(22(32-18)26(37)38)15-8-11-20(41-4)34-21(15)25(36)31-14-6-9-17(23(28)29)30-12-14/h6-12,19H,13H2,1-5H3,(H3,28,29)(H,31,36)(H,33,35)(H,37,38)/t19-/m1/s1. The van der Waals surface area contributed by atoms with Gasteiger partial charge in [-0.15, -0.1) is 0 Å². The Bertz CT molecular complexity index is 1670. The number of carboxylic acids is 1. The highest BCUT2D eigenvalue weighted by molar-refractivity contribution is 7.85. The maximum Gasteiger partial charge on any atom is 0.355 e. The Morgan fingerprint density at radius 3 is 2.16 bits per heavy atom. The van der Waals surface area contributed by atoms with Crippen LogP contribution in [0.25, 0.3) is 11.1 Å². The van der Waals surface area contributed by atoms with Crippen LogP contribution in [0.5, 0.6) is 5.88 Å². The topological polar surface area (TPSA) is 237 Å². The number of ether oxygens (including phenoxy) is 1. The Kier molecular flexibility index (Phi) is 9.78. The first-order chi connectivity index (χ1) is 20.0. The van der Waals surface area contributed by atoms with Gasteiger partial charge in [0.25, 0.3) is 21.9 Å². The summed E-state index contributed by atoms with van der Waals surface area (Å²) in [5, 5.41) is 22.7. The molecule has 1 atom stereocenters. The zero-order chi connectivity index (χ0) is 32.1. The first-order valence-corrected chi connectivity index (χ1v) is 14.4. The molecule has 3 heterocycles. The number of hydrogen-bond donors (Lipinski definition) is 5. The molecule has 16 heteroatoms. The second kappa shape index (κ2) is 12.9. The molecule has 0 saturated heterocycles. The van der Waals surface area contributed by atoms with Gasteiger partial charge in [0.15, 0.2) is 5.69 Å². The summed E-state index contributed by atoms with van der Waals surface area (Å²) in [6.45, 7) is 4.94. The van der Waals surface area contributed by atoms with Crippen LogP contribution in [0.15, 0.2) is 42.6 Å². The van der Waals surface area contributed by atoms with Crippen molar-refractivity contribution in [3.05, 3.63) is 65.4 Å². The van der Waals surface area contributed by atoms with Crippen LogP contribution in [-0.2, 0) is 14.3 Å². The van der Waals surface area contributed by atoms with Crippen LogP contribution in [0.2, 0.25) is 0 Å². The Hall–Kier alpha value is -4.96. The molecular formula is C27H31N7O8S. The largest absolute Gasteiger partial charge is 0.481 e. The van der Waals surface area contributed by atoms with Gasteiger partial charge in [-0.1, -0.05) is 20.8 Å². The van der Waals surface area contributed by atoms with Gasteiger partial charge in [-0.2, -0.15) is 8.42 Å². The summed E-state index contributed by atoms with van der Waals surface area (Å²) in [7, 11) is -2.44. The third-order valence-electron chi connectivity index (χ3n) is 6.01. The van der Waals surface area contributed by atoms with Crippen LogP contribution >= 0.6 is 0 Å². The van der Waals surface area contributed by atoms with E-state index in [1.54, 1.807) is 20.8 Å². The highest BCUT2D eigenvalue weighted by Gasteiger charge is 2.30. The molecule has 6 N–H and O–H groups in total. The molecule has 0 radical (unpaired) electrons. The van der Waals surface area contributed by atoms with E-state index in [0.29, 0.717) is 0 Å². The predicted molar refractivity (Wildman–Crippen MR) is 156 cm³/mol. The molecule has 0 aliphatic heterocycles. The van der Waals surface area contributed by atoms with Crippen molar-refractivity contribution in [3.63, 3.8) is 0 Å². The fourth-order valence-electron chi connectivity index (χ4n) is 3.66. The minimum atomic E-state index is -3.78. The third-order valence-corrected chi connectivity index (χ3v) is 6.58. The lowest BCUT2D eigenvalue weighted by Gasteiger charge is -2.30. The van der Waals surface area contributed by atoms with Crippen LogP contribution in [0.3, 0.4) is 0 Å². The lowest BCUT2D eigenvalue weighted by molar-refractivity contribution is 0.0690. The molecule has 0 fully saturated rings. The van der Waals surface area contributed by atoms with E-state index in [-0.39, 0.29) is 52.2 Å². The normalized spacial score (nSPS) is 12.2. The van der Waals surface area contributed by atoms with Crippen LogP contribution in [0.1, 0.15) is 57.9 Å². The number of carboxylic acid groups (broad SMARTS) is 1. The predicted octanol–water partition coefficient (Wildman–Crippen LogP) is 1.90. The van der Waals surface area contributed by atoms with Crippen molar-refractivity contribution in [2.45, 2.75) is 26.8 Å². The number of anilines is 1. The van der Waals surface area contributed by atoms with E-state index in [1.807, 2.05) is 0 Å². The summed E-state index contributed by atoms with van der Waals surface area (Å²) in [5.74, 6) is -3.16. The Morgan fingerprint density at radius 2 is 1.63 bits per heavy atom. The molecule has 0 aromatic carbocycles. The van der Waals surface area contributed by atoms with Crippen LogP contribution < -0.4 is 21.1 Å². The molecule has 0 unspecified atom stereocenters. The molecule has 0 aliphatic carbocycles. The SMILES string of the molecule is COc1ccc(-c2ccc(C(=O)N[C@H](COS(C)(=O)=O)C(C)(C)C)nc2C(=O)O)c(C(=O)Nc2ccc(C(=N)N)nc2)n1. The van der Waals surface area contributed by atoms with Crippen molar-refractivity contribution in [1.29, 1.82) is 5.41 Å². The second-order valence-electron chi connectivity index (χ2n) is 10.3. The summed E-state index contributed by atoms with van der Waals surface area (Å²) < 4.78 is 33.0. The molecule has 3 aromatic rings. The van der Waals surface area contributed by atoms with Gasteiger partial charge in [0.2, 0.25) is 5.88 Å². The van der Waals surface area contributed by atoms with Crippen molar-refractivity contribution < 1.29 is 36.8 Å². The molecule has 0 aliphatic rings. The fourth-order valence-corrected chi connectivity index (χ4v) is 4.04. The molecule has 3 rings (SSSR count). The maximum atomic E-state index is 13.3. The number of carbonyl (C=O) groups excluding carboxylic acids is 2. The second-order valence-corrected chi connectivity index (χ2v) is 12.0. The van der Waals surface area contributed by atoms with Gasteiger partial charge < -0.3 is 26.2 Å². The highest BCUT2D eigenvalue weighted by Crippen LogP contribution is 2.29. The fraction of sp³-hybridized carbons (Fsp3) is 0.296. The van der Waals surface area contributed by atoms with E-state index in [1.165, 1.54) is 49.7 Å². The van der Waals surface area contributed by atoms with Crippen molar-refractivity contribution >= 4 is 39.4 Å². The third kappa shape index (κ3) is 8.52. The number of pyridine rings is 3. The Morgan fingerprint density at radius 1 is 1.00 bits per heavy atom. The smallest absolute Gasteiger partial charge is 0.355 e. The number of amides is 2. The van der Waals surface area contributed by atoms with E-state index >= 15 is 0 Å². The van der Waals surface area contributed by atoms with Gasteiger partial charge in [0, 0.05) is 17.2 Å². The number of carbonyl (C=O) groups is 3. The van der Waals surface area contributed by atoms with Gasteiger partial charge in [0.05, 0.1) is 37.9 Å². The maximum absolute atomic E-state index is 13.3. The number of nitrogens with zero attached hydrogens (tertiary/aromatic N) is 3. The first-order valence-electron chi connectivity index (χ1n) is 12.6. The van der Waals surface area contributed by atoms with Crippen LogP contribution in [-0.4, -0.2) is 78.1 Å². The van der Waals surface area contributed by atoms with E-state index in [2.05, 4.69) is 25.6 Å². The summed E-state index contributed by atoms with van der Waals surface area (Å²) in [5.41, 5.74) is 4.30. The number of nitrogens with two attached hydrogens (primary N) is 1. The number of aromatic carboxylic acids is 1. The Labute approximate surface area is 247 Å². The quantitative estimate of drug-likeness (QED) is 0.118. The minimum Gasteiger partial charge on any atom is -0.481 e. The monoisotopic (exact) mass is 613 g/mol. The number of rotatable bonds is 11. The number of nitrogens with one attached hydrogen (secondary N) is 3. The minimum absolute atomic E-state index is 0.0119. The van der Waals surface area contributed by atoms with Crippen molar-refractivity contribution in [2.24, 2.45) is 11.1 Å². The summed E-state index contributed by atoms with van der Waals surface area (Å²) in [4.78, 5) is 50.9. The zero-order valence-electron chi connectivity index (χ0n) is 24.0. The first kappa shape index (κ1) is 32.6. The number of methoxy groups -OCH3 is 1. The molecule has 0 spiro atoms. The van der Waals surface area contributed by atoms with E-state index in [4.69, 9.17) is 20.1 Å². The van der Waals surface area contributed by atoms with Crippen molar-refractivity contribution in [3.8, 4) is 17.0 Å². The molecular weight excluding hydrogens is 582 g/mol. The van der Waals surface area contributed by atoms with E-state index in [0.717, 1.165) is 6.26 Å². The molecule has 15 nitrogen and oxygen atoms in total. The van der Waals surface area contributed by atoms with Gasteiger partial charge in [0.1, 0.15) is 22.9 Å². The molecule has 43 heavy (non-hydrogen) atoms. The summed E-state index contributed by atoms with van der Waals surface area (Å²) in [6, 6.07) is 7.58. The zero-order valence-corrected chi connectivity index (χ0v) is 24.8. The van der Waals surface area contributed by atoms with E-state index < -0.39 is 45.1 Å². The number of nitrogen functional groups attached to an aromatic ring is 1. The molecule has 0 bridgehead atoms. The lowest BCUT2D eigenvalue weighted by Crippen LogP contribution is -2.47. The van der Waals surface area contributed by atoms with Crippen LogP contribution in [0, 0.1) is 10.8 Å². The summed E-state index contributed by atoms with van der Waals surface area (Å²) in [6.07, 6.45) is 2.18. The molecule has 228 valence electrons. The molecule has 0 saturated carbocycles. The number of amidine groups is 1. The number of hydrogen-bond acceptors (Lipinski definition) is 11. The van der Waals surface area contributed by atoms with E-state index in [9.17, 15) is 27.9 Å². The molecule has 3 aromatic heterocycles. The van der Waals surface area contributed by atoms with Gasteiger partial charge in [-0.05, 0) is 35.7 Å². The highest BCUT2D eigenvalue weighted by atomic mass is 32.2. The lowest BCUT2D eigenvalue weighted by atomic mass is 9.87. The average Bonchev–Trinajstić information content (AvgIpc) is 2.93. The summed E-state index contributed by atoms with van der Waals surface area (Å²) >= 11 is 0. The van der Waals surface area contributed by atoms with Crippen molar-refractivity contribution in [1.82, 2.24) is 20.3 Å². The average molecular weight is 614 g/mol. The number of aromatic nitrogens is 3.